The van der Waals surface area contributed by atoms with Gasteiger partial charge in [0, 0.05) is 11.2 Å². The average molecular weight is 336 g/mol. The molecule has 0 spiro atoms. The third-order valence-corrected chi connectivity index (χ3v) is 3.15. The number of hydrogen-bond donors (Lipinski definition) is 1. The largest absolute Gasteiger partial charge is 0.476 e. The van der Waals surface area contributed by atoms with Crippen LogP contribution in [0, 0.1) is 0 Å². The first kappa shape index (κ1) is 12.4. The van der Waals surface area contributed by atoms with Gasteiger partial charge in [-0.15, -0.1) is 0 Å². The second-order valence-electron chi connectivity index (χ2n) is 3.17. The average Bonchev–Trinajstić information content (AvgIpc) is 2.60. The number of carboxylic acid groups (broad SMARTS) is 1. The molecule has 1 aromatic heterocycles. The second-order valence-corrected chi connectivity index (χ2v) is 4.87. The summed E-state index contributed by atoms with van der Waals surface area (Å²) in [6, 6.07) is 4.88. The van der Waals surface area contributed by atoms with Crippen molar-refractivity contribution in [3.05, 3.63) is 44.6 Å². The number of aromatic carboxylic acids is 1. The lowest BCUT2D eigenvalue weighted by molar-refractivity contribution is 0.0689. The van der Waals surface area contributed by atoms with E-state index in [1.54, 1.807) is 18.2 Å². The predicted octanol–water partition coefficient (Wildman–Crippen LogP) is 3.64. The maximum atomic E-state index is 10.8. The highest BCUT2D eigenvalue weighted by Gasteiger charge is 2.15. The molecule has 7 heteroatoms. The van der Waals surface area contributed by atoms with Crippen LogP contribution in [0.1, 0.15) is 10.5 Å². The lowest BCUT2D eigenvalue weighted by Gasteiger charge is -2.03. The maximum Gasteiger partial charge on any atom is 0.357 e. The van der Waals surface area contributed by atoms with Gasteiger partial charge < -0.3 is 5.11 Å². The van der Waals surface area contributed by atoms with Gasteiger partial charge in [-0.3, -0.25) is 0 Å². The van der Waals surface area contributed by atoms with Crippen molar-refractivity contribution >= 4 is 45.1 Å². The highest BCUT2D eigenvalue weighted by Crippen LogP contribution is 2.26. The van der Waals surface area contributed by atoms with E-state index in [0.717, 1.165) is 0 Å². The van der Waals surface area contributed by atoms with Crippen LogP contribution in [-0.4, -0.2) is 20.9 Å². The van der Waals surface area contributed by atoms with Crippen LogP contribution in [0.3, 0.4) is 0 Å². The molecule has 4 nitrogen and oxygen atoms in total. The summed E-state index contributed by atoms with van der Waals surface area (Å²) in [5, 5.41) is 13.7. The van der Waals surface area contributed by atoms with Crippen LogP contribution in [0.25, 0.3) is 5.69 Å². The van der Waals surface area contributed by atoms with Crippen LogP contribution in [0.15, 0.2) is 28.9 Å². The van der Waals surface area contributed by atoms with Gasteiger partial charge >= 0.3 is 5.97 Å². The van der Waals surface area contributed by atoms with Gasteiger partial charge in [0.2, 0.25) is 0 Å². The second kappa shape index (κ2) is 4.68. The van der Waals surface area contributed by atoms with Crippen LogP contribution in [-0.2, 0) is 0 Å². The van der Waals surface area contributed by atoms with E-state index < -0.39 is 5.97 Å². The van der Waals surface area contributed by atoms with Crippen molar-refractivity contribution in [1.29, 1.82) is 0 Å². The molecule has 1 N–H and O–H groups in total. The first-order valence-corrected chi connectivity index (χ1v) is 5.98. The van der Waals surface area contributed by atoms with Crippen LogP contribution in [0.2, 0.25) is 10.0 Å². The van der Waals surface area contributed by atoms with Gasteiger partial charge in [0.05, 0.1) is 15.2 Å². The Morgan fingerprint density at radius 3 is 2.65 bits per heavy atom. The lowest BCUT2D eigenvalue weighted by atomic mass is 10.3. The van der Waals surface area contributed by atoms with Gasteiger partial charge in [0.25, 0.3) is 0 Å². The van der Waals surface area contributed by atoms with E-state index in [1.807, 2.05) is 0 Å². The number of carbonyl (C=O) groups is 1. The Labute approximate surface area is 115 Å². The van der Waals surface area contributed by atoms with Crippen molar-refractivity contribution in [2.75, 3.05) is 0 Å². The lowest BCUT2D eigenvalue weighted by Crippen LogP contribution is -2.01. The smallest absolute Gasteiger partial charge is 0.357 e. The zero-order valence-electron chi connectivity index (χ0n) is 8.19. The van der Waals surface area contributed by atoms with Crippen molar-refractivity contribution in [2.45, 2.75) is 0 Å². The summed E-state index contributed by atoms with van der Waals surface area (Å²) in [7, 11) is 0. The van der Waals surface area contributed by atoms with Gasteiger partial charge in [-0.1, -0.05) is 23.2 Å². The van der Waals surface area contributed by atoms with Crippen LogP contribution in [0.4, 0.5) is 0 Å². The Balaban J connectivity index is 2.53. The number of rotatable bonds is 2. The predicted molar refractivity (Wildman–Crippen MR) is 68.2 cm³/mol. The molecule has 0 aliphatic heterocycles. The molecule has 2 aromatic rings. The van der Waals surface area contributed by atoms with Gasteiger partial charge in [0.1, 0.15) is 0 Å². The Morgan fingerprint density at radius 1 is 1.41 bits per heavy atom. The van der Waals surface area contributed by atoms with Crippen molar-refractivity contribution in [3.8, 4) is 5.69 Å². The molecular formula is C10H5BrCl2N2O2. The molecular weight excluding hydrogens is 331 g/mol. The SMILES string of the molecule is O=C(O)c1nn(-c2ccc(Cl)cc2Cl)cc1Br. The fourth-order valence-corrected chi connectivity index (χ4v) is 2.23. The quantitative estimate of drug-likeness (QED) is 0.911. The molecule has 0 fully saturated rings. The van der Waals surface area contributed by atoms with E-state index >= 15 is 0 Å². The van der Waals surface area contributed by atoms with Gasteiger partial charge in [0.15, 0.2) is 5.69 Å². The highest BCUT2D eigenvalue weighted by molar-refractivity contribution is 9.10. The first-order valence-electron chi connectivity index (χ1n) is 4.43. The van der Waals surface area contributed by atoms with Gasteiger partial charge in [-0.25, -0.2) is 9.48 Å². The third kappa shape index (κ3) is 2.46. The summed E-state index contributed by atoms with van der Waals surface area (Å²) in [6.07, 6.45) is 1.53. The van der Waals surface area contributed by atoms with Crippen molar-refractivity contribution in [1.82, 2.24) is 9.78 Å². The minimum Gasteiger partial charge on any atom is -0.476 e. The molecule has 1 heterocycles. The molecule has 0 saturated heterocycles. The summed E-state index contributed by atoms with van der Waals surface area (Å²) in [4.78, 5) is 10.8. The standard InChI is InChI=1S/C10H5BrCl2N2O2/c11-6-4-15(14-9(6)10(16)17)8-2-1-5(12)3-7(8)13/h1-4H,(H,16,17). The molecule has 0 unspecified atom stereocenters. The minimum absolute atomic E-state index is 0.0731. The number of benzene rings is 1. The third-order valence-electron chi connectivity index (χ3n) is 2.03. The molecule has 17 heavy (non-hydrogen) atoms. The Kier molecular flexibility index (Phi) is 3.42. The summed E-state index contributed by atoms with van der Waals surface area (Å²) in [6.45, 7) is 0. The monoisotopic (exact) mass is 334 g/mol. The highest BCUT2D eigenvalue weighted by atomic mass is 79.9. The van der Waals surface area contributed by atoms with E-state index in [-0.39, 0.29) is 5.69 Å². The normalized spacial score (nSPS) is 10.5. The molecule has 0 saturated carbocycles. The van der Waals surface area contributed by atoms with E-state index in [1.165, 1.54) is 10.9 Å². The minimum atomic E-state index is -1.11. The molecule has 2 rings (SSSR count). The van der Waals surface area contributed by atoms with Crippen LogP contribution in [0.5, 0.6) is 0 Å². The van der Waals surface area contributed by atoms with Crippen LogP contribution >= 0.6 is 39.1 Å². The molecule has 0 bridgehead atoms. The number of hydrogen-bond acceptors (Lipinski definition) is 2. The Bertz CT molecular complexity index is 598. The van der Waals surface area contributed by atoms with Gasteiger partial charge in [-0.05, 0) is 34.1 Å². The van der Waals surface area contributed by atoms with E-state index in [0.29, 0.717) is 20.2 Å². The summed E-state index contributed by atoms with van der Waals surface area (Å²) in [5.41, 5.74) is 0.486. The maximum absolute atomic E-state index is 10.8. The van der Waals surface area contributed by atoms with Crippen molar-refractivity contribution in [2.24, 2.45) is 0 Å². The molecule has 0 aliphatic carbocycles. The fraction of sp³-hybridized carbons (Fsp3) is 0. The fourth-order valence-electron chi connectivity index (χ4n) is 1.29. The van der Waals surface area contributed by atoms with Crippen molar-refractivity contribution in [3.63, 3.8) is 0 Å². The number of carboxylic acids is 1. The molecule has 0 aliphatic rings. The molecule has 0 atom stereocenters. The number of aromatic nitrogens is 2. The van der Waals surface area contributed by atoms with Crippen LogP contribution < -0.4 is 0 Å². The summed E-state index contributed by atoms with van der Waals surface area (Å²) < 4.78 is 1.77. The first-order chi connectivity index (χ1) is 7.99. The van der Waals surface area contributed by atoms with Crippen molar-refractivity contribution < 1.29 is 9.90 Å². The molecule has 1 aromatic carbocycles. The van der Waals surface area contributed by atoms with E-state index in [9.17, 15) is 4.79 Å². The van der Waals surface area contributed by atoms with Gasteiger partial charge in [-0.2, -0.15) is 5.10 Å². The number of halogens is 3. The molecule has 0 amide bonds. The Morgan fingerprint density at radius 2 is 2.12 bits per heavy atom. The van der Waals surface area contributed by atoms with E-state index in [4.69, 9.17) is 28.3 Å². The topological polar surface area (TPSA) is 55.1 Å². The summed E-state index contributed by atoms with van der Waals surface area (Å²) in [5.74, 6) is -1.11. The Hall–Kier alpha value is -1.04. The number of nitrogens with zero attached hydrogens (tertiary/aromatic N) is 2. The van der Waals surface area contributed by atoms with E-state index in [2.05, 4.69) is 21.0 Å². The summed E-state index contributed by atoms with van der Waals surface area (Å²) >= 11 is 14.9. The zero-order chi connectivity index (χ0) is 12.6. The zero-order valence-corrected chi connectivity index (χ0v) is 11.3. The molecule has 0 radical (unpaired) electrons. The molecule has 88 valence electrons.